The van der Waals surface area contributed by atoms with Crippen molar-refractivity contribution >= 4 is 17.9 Å². The van der Waals surface area contributed by atoms with Gasteiger partial charge in [-0.25, -0.2) is 0 Å². The molecule has 0 aliphatic carbocycles. The monoisotopic (exact) mass is 983 g/mol. The number of unbranched alkanes of at least 4 members (excludes halogenated alkanes) is 22. The Morgan fingerprint density at radius 3 is 0.859 bits per heavy atom. The van der Waals surface area contributed by atoms with Gasteiger partial charge in [0.1, 0.15) is 13.2 Å². The largest absolute Gasteiger partial charge is 0.462 e. The Morgan fingerprint density at radius 2 is 0.549 bits per heavy atom. The highest BCUT2D eigenvalue weighted by atomic mass is 16.6. The summed E-state index contributed by atoms with van der Waals surface area (Å²) in [5.41, 5.74) is 0. The van der Waals surface area contributed by atoms with E-state index in [4.69, 9.17) is 14.2 Å². The Kier molecular flexibility index (Phi) is 54.9. The number of esters is 3. The summed E-state index contributed by atoms with van der Waals surface area (Å²) in [5, 5.41) is 0. The van der Waals surface area contributed by atoms with E-state index >= 15 is 0 Å². The van der Waals surface area contributed by atoms with E-state index in [9.17, 15) is 14.4 Å². The molecule has 0 saturated heterocycles. The van der Waals surface area contributed by atoms with Gasteiger partial charge >= 0.3 is 17.9 Å². The summed E-state index contributed by atoms with van der Waals surface area (Å²) < 4.78 is 16.6. The van der Waals surface area contributed by atoms with Crippen molar-refractivity contribution < 1.29 is 28.6 Å². The lowest BCUT2D eigenvalue weighted by Gasteiger charge is -2.17. The van der Waals surface area contributed by atoms with Gasteiger partial charge < -0.3 is 14.2 Å². The molecule has 71 heavy (non-hydrogen) atoms. The van der Waals surface area contributed by atoms with E-state index in [0.717, 1.165) is 77.0 Å². The highest BCUT2D eigenvalue weighted by Gasteiger charge is 2.19. The highest BCUT2D eigenvalue weighted by Crippen LogP contribution is 2.16. The van der Waals surface area contributed by atoms with Crippen LogP contribution in [-0.4, -0.2) is 37.2 Å². The van der Waals surface area contributed by atoms with Crippen molar-refractivity contribution in [1.82, 2.24) is 0 Å². The number of carbonyl (C=O) groups is 3. The average molecular weight is 984 g/mol. The number of carbonyl (C=O) groups excluding carboxylic acids is 3. The molecule has 0 aromatic carbocycles. The molecule has 0 aromatic heterocycles. The third-order valence-electron chi connectivity index (χ3n) is 12.0. The quantitative estimate of drug-likeness (QED) is 0.0261. The van der Waals surface area contributed by atoms with Crippen LogP contribution in [0.5, 0.6) is 0 Å². The van der Waals surface area contributed by atoms with E-state index in [-0.39, 0.29) is 32.0 Å². The second-order valence-electron chi connectivity index (χ2n) is 18.8. The minimum Gasteiger partial charge on any atom is -0.462 e. The maximum Gasteiger partial charge on any atom is 0.310 e. The van der Waals surface area contributed by atoms with Crippen molar-refractivity contribution in [1.29, 1.82) is 0 Å². The highest BCUT2D eigenvalue weighted by molar-refractivity contribution is 5.72. The zero-order chi connectivity index (χ0) is 51.4. The maximum atomic E-state index is 12.8. The van der Waals surface area contributed by atoms with Gasteiger partial charge in [-0.2, -0.15) is 0 Å². The Bertz CT molecular complexity index is 1500. The minimum absolute atomic E-state index is 0.0749. The first kappa shape index (κ1) is 66.8. The molecule has 0 spiro atoms. The Balaban J connectivity index is 4.48. The van der Waals surface area contributed by atoms with Gasteiger partial charge in [-0.05, 0) is 70.6 Å². The molecule has 0 amide bonds. The van der Waals surface area contributed by atoms with E-state index in [0.29, 0.717) is 12.8 Å². The third kappa shape index (κ3) is 56.6. The van der Waals surface area contributed by atoms with Crippen LogP contribution in [0.25, 0.3) is 0 Å². The van der Waals surface area contributed by atoms with Crippen molar-refractivity contribution in [2.45, 2.75) is 258 Å². The van der Waals surface area contributed by atoms with Crippen LogP contribution in [0.3, 0.4) is 0 Å². The zero-order valence-corrected chi connectivity index (χ0v) is 45.9. The van der Waals surface area contributed by atoms with Crippen molar-refractivity contribution in [2.24, 2.45) is 0 Å². The molecular weight excluding hydrogens is 877 g/mol. The van der Waals surface area contributed by atoms with Crippen LogP contribution in [-0.2, 0) is 28.6 Å². The molecule has 6 nitrogen and oxygen atoms in total. The molecular formula is C65H106O6. The van der Waals surface area contributed by atoms with Crippen LogP contribution in [0.4, 0.5) is 0 Å². The topological polar surface area (TPSA) is 78.9 Å². The Hall–Kier alpha value is -4.19. The van der Waals surface area contributed by atoms with Gasteiger partial charge in [-0.15, -0.1) is 0 Å². The summed E-state index contributed by atoms with van der Waals surface area (Å²) in [6, 6.07) is 0. The van der Waals surface area contributed by atoms with Gasteiger partial charge in [-0.3, -0.25) is 14.4 Å². The van der Waals surface area contributed by atoms with Crippen LogP contribution >= 0.6 is 0 Å². The van der Waals surface area contributed by atoms with Crippen molar-refractivity contribution in [3.63, 3.8) is 0 Å². The maximum absolute atomic E-state index is 12.8. The van der Waals surface area contributed by atoms with E-state index in [2.05, 4.69) is 118 Å². The number of allylic oxidation sites excluding steroid dienone is 18. The molecule has 6 heteroatoms. The molecule has 0 aromatic rings. The fraction of sp³-hybridized carbons (Fsp3) is 0.646. The Labute approximate surface area is 437 Å². The lowest BCUT2D eigenvalue weighted by molar-refractivity contribution is -0.166. The summed E-state index contributed by atoms with van der Waals surface area (Å²) in [7, 11) is 0. The molecule has 0 bridgehead atoms. The molecule has 1 atom stereocenters. The second kappa shape index (κ2) is 58.4. The smallest absolute Gasteiger partial charge is 0.310 e. The predicted molar refractivity (Wildman–Crippen MR) is 306 cm³/mol. The molecule has 402 valence electrons. The molecule has 0 aliphatic heterocycles. The number of hydrogen-bond acceptors (Lipinski definition) is 6. The molecule has 0 heterocycles. The first-order valence-corrected chi connectivity index (χ1v) is 29.0. The number of hydrogen-bond donors (Lipinski definition) is 0. The van der Waals surface area contributed by atoms with Crippen molar-refractivity contribution in [3.8, 4) is 0 Å². The first-order chi connectivity index (χ1) is 35.0. The van der Waals surface area contributed by atoms with E-state index in [1.807, 2.05) is 12.2 Å². The summed E-state index contributed by atoms with van der Waals surface area (Å²) in [6.07, 6.45) is 81.2. The minimum atomic E-state index is -0.874. The summed E-state index contributed by atoms with van der Waals surface area (Å²) in [5.74, 6) is -1.21. The number of rotatable bonds is 51. The van der Waals surface area contributed by atoms with Gasteiger partial charge in [0.15, 0.2) is 6.10 Å². The fourth-order valence-corrected chi connectivity index (χ4v) is 7.77. The average Bonchev–Trinajstić information content (AvgIpc) is 3.37. The first-order valence-electron chi connectivity index (χ1n) is 29.0. The van der Waals surface area contributed by atoms with Gasteiger partial charge in [0, 0.05) is 6.42 Å². The Morgan fingerprint density at radius 1 is 0.296 bits per heavy atom. The number of ether oxygens (including phenoxy) is 3. The summed E-state index contributed by atoms with van der Waals surface area (Å²) >= 11 is 0. The van der Waals surface area contributed by atoms with Crippen molar-refractivity contribution in [3.05, 3.63) is 122 Å². The van der Waals surface area contributed by atoms with Crippen LogP contribution in [0.1, 0.15) is 252 Å². The van der Waals surface area contributed by atoms with Gasteiger partial charge in [0.2, 0.25) is 0 Å². The van der Waals surface area contributed by atoms with Gasteiger partial charge in [0.25, 0.3) is 0 Å². The molecule has 0 rings (SSSR count). The van der Waals surface area contributed by atoms with E-state index < -0.39 is 18.0 Å². The standard InChI is InChI=1S/C65H106O6/c1-4-7-10-13-16-19-22-25-28-29-30-31-32-33-34-35-38-40-43-46-49-52-55-58-64(67)70-61-62(71-65(68)59-56-53-50-47-44-41-37-27-24-21-18-15-12-9-6-3)60-69-63(66)57-54-51-48-45-42-39-36-26-23-20-17-14-11-8-5-2/h8-9,11-12,17-18,20-21,26-27,36-37,42,44-45,47,51,53-54,56,62H,4-7,10,13-16,19,22-25,28-35,38-41,43,46,48-50,52,55,57-61H2,1-3H3/b11-8-,12-9-,20-17-,21-18-,36-26-,37-27-,45-42-,47-44-,54-51-,56-53-. The summed E-state index contributed by atoms with van der Waals surface area (Å²) in [6.45, 7) is 6.25. The van der Waals surface area contributed by atoms with E-state index in [1.54, 1.807) is 12.2 Å². The third-order valence-corrected chi connectivity index (χ3v) is 12.0. The van der Waals surface area contributed by atoms with E-state index in [1.165, 1.54) is 128 Å². The normalized spacial score (nSPS) is 13.0. The molecule has 0 aliphatic rings. The molecule has 0 saturated carbocycles. The van der Waals surface area contributed by atoms with Gasteiger partial charge in [-0.1, -0.05) is 284 Å². The van der Waals surface area contributed by atoms with Crippen LogP contribution in [0, 0.1) is 0 Å². The van der Waals surface area contributed by atoms with Crippen LogP contribution < -0.4 is 0 Å². The second-order valence-corrected chi connectivity index (χ2v) is 18.8. The molecule has 0 fully saturated rings. The SMILES string of the molecule is CC/C=C\C/C=C\C/C=C\C/C=C\C/C=C\CC(=O)OCC(COC(=O)CCCCCCCCCCCCCCCCCCCCCCCCC)OC(=O)C/C=C\C/C=C\C/C=C\C/C=C\C/C=C\CC. The summed E-state index contributed by atoms with van der Waals surface area (Å²) in [4.78, 5) is 38.0. The molecule has 0 N–H and O–H groups in total. The van der Waals surface area contributed by atoms with Gasteiger partial charge in [0.05, 0.1) is 12.8 Å². The molecule has 0 radical (unpaired) electrons. The van der Waals surface area contributed by atoms with Crippen LogP contribution in [0.15, 0.2) is 122 Å². The fourth-order valence-electron chi connectivity index (χ4n) is 7.77. The van der Waals surface area contributed by atoms with Crippen LogP contribution in [0.2, 0.25) is 0 Å². The zero-order valence-electron chi connectivity index (χ0n) is 45.9. The van der Waals surface area contributed by atoms with Crippen molar-refractivity contribution in [2.75, 3.05) is 13.2 Å². The molecule has 1 unspecified atom stereocenters. The lowest BCUT2D eigenvalue weighted by atomic mass is 10.0. The predicted octanol–water partition coefficient (Wildman–Crippen LogP) is 19.6. The lowest BCUT2D eigenvalue weighted by Crippen LogP contribution is -2.30.